The van der Waals surface area contributed by atoms with E-state index in [-0.39, 0.29) is 6.92 Å². The van der Waals surface area contributed by atoms with Crippen molar-refractivity contribution in [2.75, 3.05) is 0 Å². The minimum atomic E-state index is -10.3. The molecular formula is C22H8F34O2. The minimum absolute atomic E-state index is 0.159. The second-order valence-electron chi connectivity index (χ2n) is 11.1. The Bertz CT molecular complexity index is 1550. The zero-order valence-electron chi connectivity index (χ0n) is 25.6. The summed E-state index contributed by atoms with van der Waals surface area (Å²) in [6, 6.07) is 0. The molecule has 0 spiro atoms. The number of halogens is 34. The molecule has 0 fully saturated rings. The fraction of sp³-hybridized carbons (Fsp3) is 0.864. The quantitative estimate of drug-likeness (QED) is 0.110. The van der Waals surface area contributed by atoms with Gasteiger partial charge < -0.3 is 5.11 Å². The van der Waals surface area contributed by atoms with Crippen LogP contribution in [0.2, 0.25) is 0 Å². The van der Waals surface area contributed by atoms with Crippen LogP contribution in [-0.4, -0.2) is 112 Å². The number of carboxylic acid groups (broad SMARTS) is 1. The summed E-state index contributed by atoms with van der Waals surface area (Å²) in [5.74, 6) is -147. The summed E-state index contributed by atoms with van der Waals surface area (Å²) in [6.07, 6.45) is -17.2. The molecule has 1 atom stereocenters. The Hall–Kier alpha value is -3.17. The highest BCUT2D eigenvalue weighted by Crippen LogP contribution is 2.70. The van der Waals surface area contributed by atoms with Gasteiger partial charge in [0.15, 0.2) is 0 Å². The van der Waals surface area contributed by atoms with E-state index in [2.05, 4.69) is 0 Å². The molecule has 0 aromatic heterocycles. The molecule has 0 saturated heterocycles. The number of carboxylic acids is 1. The first-order chi connectivity index (χ1) is 24.5. The maximum Gasteiger partial charge on any atom is 0.460 e. The SMILES string of the molecule is CC(=CC(F)CC(F)(F)C(F)(F)C(F)(F)C(F)(F)C(F)(F)C(F)(F)C(F)(F)C(F)(F)C(F)(F)C(F)(F)C(F)(F)C(F)(F)C(F)(F)C(F)(F)C(F)(F)C(F)(F)F)C(=O)O. The van der Waals surface area contributed by atoms with Crippen molar-refractivity contribution in [2.24, 2.45) is 0 Å². The zero-order chi connectivity index (χ0) is 48.1. The first kappa shape index (κ1) is 54.8. The Labute approximate surface area is 292 Å². The lowest BCUT2D eigenvalue weighted by Crippen LogP contribution is -2.80. The number of allylic oxidation sites excluding steroid dienone is 1. The van der Waals surface area contributed by atoms with Crippen LogP contribution in [0.1, 0.15) is 13.3 Å². The largest absolute Gasteiger partial charge is 0.478 e. The maximum atomic E-state index is 14.0. The van der Waals surface area contributed by atoms with Gasteiger partial charge >= 0.3 is 101 Å². The van der Waals surface area contributed by atoms with Crippen LogP contribution in [0.25, 0.3) is 0 Å². The summed E-state index contributed by atoms with van der Waals surface area (Å²) in [7, 11) is 0. The number of aliphatic carboxylic acids is 1. The predicted molar refractivity (Wildman–Crippen MR) is 111 cm³/mol. The van der Waals surface area contributed by atoms with E-state index in [4.69, 9.17) is 5.11 Å². The van der Waals surface area contributed by atoms with Crippen LogP contribution >= 0.6 is 0 Å². The van der Waals surface area contributed by atoms with Crippen molar-refractivity contribution in [3.8, 4) is 0 Å². The smallest absolute Gasteiger partial charge is 0.460 e. The molecule has 0 aliphatic carbocycles. The van der Waals surface area contributed by atoms with Crippen LogP contribution in [-0.2, 0) is 4.79 Å². The van der Waals surface area contributed by atoms with Crippen LogP contribution in [0, 0.1) is 0 Å². The third kappa shape index (κ3) is 6.77. The standard InChI is InChI=1S/C22H8F34O2/c1-4(6(57)58)2-5(23)3-7(24,25)8(26,27)9(28,29)10(30,31)11(32,33)12(34,35)13(36,37)14(38,39)15(40,41)16(42,43)17(44,45)18(46,47)19(48,49)20(50,51)21(52,53)22(54,55)56/h2,5H,3H2,1H3,(H,57,58). The molecule has 1 N–H and O–H groups in total. The summed E-state index contributed by atoms with van der Waals surface area (Å²) in [5, 5.41) is 8.36. The summed E-state index contributed by atoms with van der Waals surface area (Å²) >= 11 is 0. The average Bonchev–Trinajstić information content (AvgIpc) is 2.98. The van der Waals surface area contributed by atoms with Gasteiger partial charge in [-0.15, -0.1) is 0 Å². The van der Waals surface area contributed by atoms with Gasteiger partial charge in [0.05, 0.1) is 6.42 Å². The average molecular weight is 950 g/mol. The number of alkyl halides is 34. The molecule has 36 heteroatoms. The highest BCUT2D eigenvalue weighted by molar-refractivity contribution is 5.85. The molecule has 0 amide bonds. The van der Waals surface area contributed by atoms with Crippen LogP contribution in [0.5, 0.6) is 0 Å². The van der Waals surface area contributed by atoms with Gasteiger partial charge in [-0.05, 0) is 13.0 Å². The molecule has 0 radical (unpaired) electrons. The van der Waals surface area contributed by atoms with Crippen LogP contribution < -0.4 is 0 Å². The van der Waals surface area contributed by atoms with E-state index in [1.54, 1.807) is 0 Å². The molecule has 1 unspecified atom stereocenters. The van der Waals surface area contributed by atoms with Gasteiger partial charge in [-0.2, -0.15) is 145 Å². The fourth-order valence-corrected chi connectivity index (χ4v) is 3.55. The van der Waals surface area contributed by atoms with Gasteiger partial charge in [0.1, 0.15) is 6.17 Å². The summed E-state index contributed by atoms with van der Waals surface area (Å²) in [6.45, 7) is 0.159. The van der Waals surface area contributed by atoms with E-state index in [1.807, 2.05) is 0 Å². The first-order valence-corrected chi connectivity index (χ1v) is 12.8. The first-order valence-electron chi connectivity index (χ1n) is 12.8. The molecule has 58 heavy (non-hydrogen) atoms. The van der Waals surface area contributed by atoms with Gasteiger partial charge in [-0.3, -0.25) is 0 Å². The molecule has 0 saturated carbocycles. The number of rotatable bonds is 18. The van der Waals surface area contributed by atoms with E-state index in [0.29, 0.717) is 0 Å². The van der Waals surface area contributed by atoms with Gasteiger partial charge in [0.25, 0.3) is 0 Å². The maximum absolute atomic E-state index is 14.0. The highest BCUT2D eigenvalue weighted by atomic mass is 19.4. The van der Waals surface area contributed by atoms with E-state index >= 15 is 0 Å². The van der Waals surface area contributed by atoms with Crippen molar-refractivity contribution in [1.29, 1.82) is 0 Å². The Morgan fingerprint density at radius 2 is 0.552 bits per heavy atom. The third-order valence-corrected chi connectivity index (χ3v) is 7.16. The molecule has 0 bridgehead atoms. The van der Waals surface area contributed by atoms with Crippen molar-refractivity contribution < 1.29 is 159 Å². The molecular weight excluding hydrogens is 942 g/mol. The van der Waals surface area contributed by atoms with Crippen molar-refractivity contribution in [2.45, 2.75) is 115 Å². The Balaban J connectivity index is 7.67. The minimum Gasteiger partial charge on any atom is -0.478 e. The Morgan fingerprint density at radius 3 is 0.724 bits per heavy atom. The lowest BCUT2D eigenvalue weighted by molar-refractivity contribution is -0.491. The number of hydrogen-bond acceptors (Lipinski definition) is 1. The second-order valence-corrected chi connectivity index (χ2v) is 11.1. The van der Waals surface area contributed by atoms with E-state index in [9.17, 15) is 154 Å². The molecule has 2 nitrogen and oxygen atoms in total. The number of carbonyl (C=O) groups is 1. The monoisotopic (exact) mass is 950 g/mol. The van der Waals surface area contributed by atoms with Crippen LogP contribution in [0.3, 0.4) is 0 Å². The molecule has 0 aliphatic rings. The summed E-state index contributed by atoms with van der Waals surface area (Å²) in [4.78, 5) is 10.5. The number of hydrogen-bond donors (Lipinski definition) is 1. The van der Waals surface area contributed by atoms with Crippen LogP contribution in [0.4, 0.5) is 149 Å². The Morgan fingerprint density at radius 1 is 0.379 bits per heavy atom. The van der Waals surface area contributed by atoms with Crippen molar-refractivity contribution >= 4 is 5.97 Å². The fourth-order valence-electron chi connectivity index (χ4n) is 3.55. The molecule has 0 aromatic carbocycles. The molecule has 0 aliphatic heterocycles. The molecule has 346 valence electrons. The normalized spacial score (nSPS) is 17.5. The van der Waals surface area contributed by atoms with Gasteiger partial charge in [0, 0.05) is 5.57 Å². The van der Waals surface area contributed by atoms with E-state index in [0.717, 1.165) is 0 Å². The van der Waals surface area contributed by atoms with E-state index in [1.165, 1.54) is 0 Å². The van der Waals surface area contributed by atoms with Crippen molar-refractivity contribution in [3.63, 3.8) is 0 Å². The van der Waals surface area contributed by atoms with Gasteiger partial charge in [-0.1, -0.05) is 0 Å². The third-order valence-electron chi connectivity index (χ3n) is 7.16. The molecule has 0 rings (SSSR count). The lowest BCUT2D eigenvalue weighted by atomic mass is 9.82. The second kappa shape index (κ2) is 13.9. The molecule has 0 heterocycles. The zero-order valence-corrected chi connectivity index (χ0v) is 25.6. The van der Waals surface area contributed by atoms with Crippen LogP contribution in [0.15, 0.2) is 11.6 Å². The Kier molecular flexibility index (Phi) is 13.2. The predicted octanol–water partition coefficient (Wildman–Crippen LogP) is 11.8. The van der Waals surface area contributed by atoms with Gasteiger partial charge in [-0.25, -0.2) is 9.18 Å². The summed E-state index contributed by atoms with van der Waals surface area (Å²) < 4.78 is 462. The van der Waals surface area contributed by atoms with Crippen molar-refractivity contribution in [3.05, 3.63) is 11.6 Å². The lowest BCUT2D eigenvalue weighted by Gasteiger charge is -2.47. The summed E-state index contributed by atoms with van der Waals surface area (Å²) in [5.41, 5.74) is -1.57. The highest BCUT2D eigenvalue weighted by Gasteiger charge is 3.01. The topological polar surface area (TPSA) is 37.3 Å². The molecule has 0 aromatic rings. The van der Waals surface area contributed by atoms with E-state index < -0.39 is 125 Å². The van der Waals surface area contributed by atoms with Crippen molar-refractivity contribution in [1.82, 2.24) is 0 Å². The van der Waals surface area contributed by atoms with Gasteiger partial charge in [0.2, 0.25) is 0 Å².